The molecule has 4 heteroatoms. The molecule has 1 fully saturated rings. The van der Waals surface area contributed by atoms with Gasteiger partial charge in [-0.1, -0.05) is 0 Å². The van der Waals surface area contributed by atoms with Crippen LogP contribution in [0.3, 0.4) is 0 Å². The van der Waals surface area contributed by atoms with Gasteiger partial charge in [-0.2, -0.15) is 0 Å². The summed E-state index contributed by atoms with van der Waals surface area (Å²) in [6, 6.07) is 0. The molecule has 1 saturated heterocycles. The van der Waals surface area contributed by atoms with Crippen LogP contribution in [0.25, 0.3) is 0 Å². The molecule has 0 aromatic rings. The summed E-state index contributed by atoms with van der Waals surface area (Å²) in [4.78, 5) is 10.5. The minimum atomic E-state index is -0.525. The van der Waals surface area contributed by atoms with Gasteiger partial charge in [0.1, 0.15) is 5.38 Å². The molecule has 0 N–H and O–H groups in total. The van der Waals surface area contributed by atoms with Crippen LogP contribution in [0.15, 0.2) is 0 Å². The molecule has 0 amide bonds. The molecule has 1 aliphatic rings. The van der Waals surface area contributed by atoms with Gasteiger partial charge in [0.15, 0.2) is 0 Å². The van der Waals surface area contributed by atoms with Crippen molar-refractivity contribution in [3.8, 4) is 0 Å². The van der Waals surface area contributed by atoms with Crippen molar-refractivity contribution in [1.29, 1.82) is 0 Å². The van der Waals surface area contributed by atoms with Crippen LogP contribution in [0, 0.1) is 5.92 Å². The first kappa shape index (κ1) is 7.16. The molecule has 0 radical (unpaired) electrons. The zero-order chi connectivity index (χ0) is 6.85. The SMILES string of the molecule is O=C1OC[C@@H](CCl)[C@@H]1Cl. The zero-order valence-electron chi connectivity index (χ0n) is 4.64. The van der Waals surface area contributed by atoms with E-state index in [9.17, 15) is 4.79 Å². The van der Waals surface area contributed by atoms with Crippen molar-refractivity contribution >= 4 is 29.2 Å². The van der Waals surface area contributed by atoms with E-state index in [0.29, 0.717) is 12.5 Å². The molecule has 2 atom stereocenters. The average Bonchev–Trinajstić information content (AvgIpc) is 2.15. The minimum Gasteiger partial charge on any atom is -0.464 e. The molecular weight excluding hydrogens is 163 g/mol. The van der Waals surface area contributed by atoms with Gasteiger partial charge in [0.05, 0.1) is 6.61 Å². The number of ether oxygens (including phenoxy) is 1. The van der Waals surface area contributed by atoms with Crippen LogP contribution in [0.4, 0.5) is 0 Å². The van der Waals surface area contributed by atoms with E-state index in [1.54, 1.807) is 0 Å². The molecule has 1 heterocycles. The lowest BCUT2D eigenvalue weighted by atomic mass is 10.1. The molecule has 1 rings (SSSR count). The summed E-state index contributed by atoms with van der Waals surface area (Å²) in [5.74, 6) is 0.0445. The van der Waals surface area contributed by atoms with Crippen molar-refractivity contribution in [3.63, 3.8) is 0 Å². The second kappa shape index (κ2) is 2.76. The maximum Gasteiger partial charge on any atom is 0.324 e. The van der Waals surface area contributed by atoms with Gasteiger partial charge in [0.2, 0.25) is 0 Å². The minimum absolute atomic E-state index is 0.000772. The first-order valence-corrected chi connectivity index (χ1v) is 3.59. The van der Waals surface area contributed by atoms with Gasteiger partial charge in [0.25, 0.3) is 0 Å². The highest BCUT2D eigenvalue weighted by atomic mass is 35.5. The fourth-order valence-corrected chi connectivity index (χ4v) is 1.25. The Morgan fingerprint density at radius 3 is 2.67 bits per heavy atom. The van der Waals surface area contributed by atoms with Crippen molar-refractivity contribution < 1.29 is 9.53 Å². The van der Waals surface area contributed by atoms with Crippen molar-refractivity contribution in [3.05, 3.63) is 0 Å². The highest BCUT2D eigenvalue weighted by molar-refractivity contribution is 6.31. The van der Waals surface area contributed by atoms with Crippen molar-refractivity contribution in [1.82, 2.24) is 0 Å². The Morgan fingerprint density at radius 2 is 2.44 bits per heavy atom. The van der Waals surface area contributed by atoms with E-state index < -0.39 is 5.38 Å². The molecule has 2 nitrogen and oxygen atoms in total. The summed E-state index contributed by atoms with van der Waals surface area (Å²) in [6.07, 6.45) is 0. The predicted molar refractivity (Wildman–Crippen MR) is 34.8 cm³/mol. The molecule has 52 valence electrons. The van der Waals surface area contributed by atoms with Crippen LogP contribution in [0.1, 0.15) is 0 Å². The Labute approximate surface area is 63.1 Å². The van der Waals surface area contributed by atoms with Gasteiger partial charge in [0, 0.05) is 11.8 Å². The van der Waals surface area contributed by atoms with Gasteiger partial charge in [-0.3, -0.25) is 4.79 Å². The van der Waals surface area contributed by atoms with Gasteiger partial charge in [-0.15, -0.1) is 23.2 Å². The van der Waals surface area contributed by atoms with Crippen LogP contribution in [0.5, 0.6) is 0 Å². The van der Waals surface area contributed by atoms with E-state index in [1.165, 1.54) is 0 Å². The number of hydrogen-bond donors (Lipinski definition) is 0. The number of carbonyl (C=O) groups excluding carboxylic acids is 1. The summed E-state index contributed by atoms with van der Waals surface area (Å²) in [6.45, 7) is 0.372. The van der Waals surface area contributed by atoms with Crippen LogP contribution in [-0.2, 0) is 9.53 Å². The second-order valence-corrected chi connectivity index (χ2v) is 2.72. The van der Waals surface area contributed by atoms with E-state index in [2.05, 4.69) is 4.74 Å². The predicted octanol–water partition coefficient (Wildman–Crippen LogP) is 1.01. The van der Waals surface area contributed by atoms with Gasteiger partial charge < -0.3 is 4.74 Å². The molecule has 0 spiro atoms. The number of carbonyl (C=O) groups is 1. The maximum absolute atomic E-state index is 10.5. The molecular formula is C5H6Cl2O2. The highest BCUT2D eigenvalue weighted by Gasteiger charge is 2.34. The second-order valence-electron chi connectivity index (χ2n) is 1.95. The third kappa shape index (κ3) is 1.30. The fourth-order valence-electron chi connectivity index (χ4n) is 0.668. The normalized spacial score (nSPS) is 34.7. The van der Waals surface area contributed by atoms with Crippen molar-refractivity contribution in [2.24, 2.45) is 5.92 Å². The quantitative estimate of drug-likeness (QED) is 0.432. The first-order chi connectivity index (χ1) is 4.25. The summed E-state index contributed by atoms with van der Waals surface area (Å²) >= 11 is 11.0. The first-order valence-electron chi connectivity index (χ1n) is 2.62. The Hall–Kier alpha value is 0.0500. The number of rotatable bonds is 1. The molecule has 0 aliphatic carbocycles. The van der Waals surface area contributed by atoms with Crippen LogP contribution in [0.2, 0.25) is 0 Å². The molecule has 0 bridgehead atoms. The monoisotopic (exact) mass is 168 g/mol. The summed E-state index contributed by atoms with van der Waals surface area (Å²) in [5, 5.41) is -0.525. The summed E-state index contributed by atoms with van der Waals surface area (Å²) in [5.41, 5.74) is 0. The summed E-state index contributed by atoms with van der Waals surface area (Å²) < 4.78 is 4.61. The largest absolute Gasteiger partial charge is 0.464 e. The third-order valence-corrected chi connectivity index (χ3v) is 2.21. The maximum atomic E-state index is 10.5. The van der Waals surface area contributed by atoms with Crippen LogP contribution in [-0.4, -0.2) is 23.8 Å². The lowest BCUT2D eigenvalue weighted by molar-refractivity contribution is -0.137. The third-order valence-electron chi connectivity index (χ3n) is 1.28. The summed E-state index contributed by atoms with van der Waals surface area (Å²) in [7, 11) is 0. The number of hydrogen-bond acceptors (Lipinski definition) is 2. The van der Waals surface area contributed by atoms with E-state index >= 15 is 0 Å². The number of halogens is 2. The zero-order valence-corrected chi connectivity index (χ0v) is 6.15. The molecule has 0 aromatic carbocycles. The topological polar surface area (TPSA) is 26.3 Å². The number of cyclic esters (lactones) is 1. The number of esters is 1. The van der Waals surface area contributed by atoms with Crippen LogP contribution < -0.4 is 0 Å². The Morgan fingerprint density at radius 1 is 1.78 bits per heavy atom. The van der Waals surface area contributed by atoms with E-state index in [-0.39, 0.29) is 11.9 Å². The Balaban J connectivity index is 2.51. The molecule has 1 aliphatic heterocycles. The van der Waals surface area contributed by atoms with Crippen molar-refractivity contribution in [2.75, 3.05) is 12.5 Å². The van der Waals surface area contributed by atoms with Gasteiger partial charge in [-0.05, 0) is 0 Å². The smallest absolute Gasteiger partial charge is 0.324 e. The van der Waals surface area contributed by atoms with Gasteiger partial charge >= 0.3 is 5.97 Å². The highest BCUT2D eigenvalue weighted by Crippen LogP contribution is 2.21. The molecule has 0 unspecified atom stereocenters. The molecule has 0 aromatic heterocycles. The molecule has 0 saturated carbocycles. The van der Waals surface area contributed by atoms with Crippen LogP contribution >= 0.6 is 23.2 Å². The average molecular weight is 169 g/mol. The fraction of sp³-hybridized carbons (Fsp3) is 0.800. The lowest BCUT2D eigenvalue weighted by Gasteiger charge is -2.00. The Bertz CT molecular complexity index is 126. The standard InChI is InChI=1S/C5H6Cl2O2/c6-1-3-2-9-5(8)4(3)7/h3-4H,1-2H2/t3-,4+/m1/s1. The van der Waals surface area contributed by atoms with Gasteiger partial charge in [-0.25, -0.2) is 0 Å². The van der Waals surface area contributed by atoms with E-state index in [1.807, 2.05) is 0 Å². The van der Waals surface area contributed by atoms with E-state index in [4.69, 9.17) is 23.2 Å². The number of alkyl halides is 2. The van der Waals surface area contributed by atoms with E-state index in [0.717, 1.165) is 0 Å². The Kier molecular flexibility index (Phi) is 2.19. The lowest BCUT2D eigenvalue weighted by Crippen LogP contribution is -2.16. The molecule has 9 heavy (non-hydrogen) atoms. The van der Waals surface area contributed by atoms with Crippen molar-refractivity contribution in [2.45, 2.75) is 5.38 Å².